The van der Waals surface area contributed by atoms with E-state index in [1.165, 1.54) is 19.3 Å². The fraction of sp³-hybridized carbons (Fsp3) is 1.00. The zero-order valence-corrected chi connectivity index (χ0v) is 9.66. The van der Waals surface area contributed by atoms with E-state index in [4.69, 9.17) is 0 Å². The van der Waals surface area contributed by atoms with Crippen LogP contribution in [0.3, 0.4) is 0 Å². The van der Waals surface area contributed by atoms with Crippen LogP contribution in [0, 0.1) is 0 Å². The third-order valence-corrected chi connectivity index (χ3v) is 4.79. The molecular formula is C6H19LiSi2. The van der Waals surface area contributed by atoms with Crippen molar-refractivity contribution in [1.29, 1.82) is 0 Å². The minimum absolute atomic E-state index is 0. The monoisotopic (exact) mass is 154 g/mol. The summed E-state index contributed by atoms with van der Waals surface area (Å²) in [6, 6.07) is 1.63. The molecule has 0 unspecified atom stereocenters. The molecule has 0 radical (unpaired) electrons. The molecule has 3 heteroatoms. The van der Waals surface area contributed by atoms with E-state index < -0.39 is 0 Å². The molecular weight excluding hydrogens is 135 g/mol. The Balaban J connectivity index is 0. The first-order valence-corrected chi connectivity index (χ1v) is 10.6. The Hall–Kier alpha value is 1.03. The second-order valence-electron chi connectivity index (χ2n) is 2.41. The number of rotatable bonds is 5. The maximum absolute atomic E-state index is 2.28. The zero-order chi connectivity index (χ0) is 6.24. The standard InChI is InChI=1S/C6H18Si2.Li.H/c1-2-3-4-5-6-8-7;;/h2-6,8H2,1,7H3;;. The molecule has 0 aromatic heterocycles. The van der Waals surface area contributed by atoms with Gasteiger partial charge in [0.15, 0.2) is 0 Å². The average Bonchev–Trinajstić information content (AvgIpc) is 1.81. The third-order valence-electron chi connectivity index (χ3n) is 1.46. The van der Waals surface area contributed by atoms with Crippen molar-refractivity contribution in [3.63, 3.8) is 0 Å². The van der Waals surface area contributed by atoms with Crippen molar-refractivity contribution in [3.05, 3.63) is 0 Å². The molecule has 0 heterocycles. The van der Waals surface area contributed by atoms with Crippen molar-refractivity contribution in [1.82, 2.24) is 0 Å². The van der Waals surface area contributed by atoms with E-state index in [0.29, 0.717) is 9.04 Å². The van der Waals surface area contributed by atoms with Crippen molar-refractivity contribution in [3.8, 4) is 0 Å². The Morgan fingerprint density at radius 1 is 1.22 bits per heavy atom. The summed E-state index contributed by atoms with van der Waals surface area (Å²) in [4.78, 5) is 0. The van der Waals surface area contributed by atoms with Crippen molar-refractivity contribution >= 4 is 37.7 Å². The van der Waals surface area contributed by atoms with Crippen molar-refractivity contribution < 1.29 is 0 Å². The number of hydrogen-bond acceptors (Lipinski definition) is 0. The zero-order valence-electron chi connectivity index (χ0n) is 6.24. The Bertz CT molecular complexity index is 36.0. The summed E-state index contributed by atoms with van der Waals surface area (Å²) in [6.07, 6.45) is 5.91. The van der Waals surface area contributed by atoms with E-state index in [0.717, 1.165) is 0 Å². The first kappa shape index (κ1) is 12.7. The summed E-state index contributed by atoms with van der Waals surface area (Å²) in [5.41, 5.74) is 0. The molecule has 0 aliphatic heterocycles. The van der Waals surface area contributed by atoms with Gasteiger partial charge < -0.3 is 0 Å². The van der Waals surface area contributed by atoms with Crippen LogP contribution in [0.15, 0.2) is 0 Å². The van der Waals surface area contributed by atoms with Crippen LogP contribution in [0.2, 0.25) is 6.04 Å². The van der Waals surface area contributed by atoms with Gasteiger partial charge in [-0.3, -0.25) is 0 Å². The maximum atomic E-state index is 2.28. The molecule has 52 valence electrons. The molecule has 0 fully saturated rings. The van der Waals surface area contributed by atoms with Gasteiger partial charge in [-0.25, -0.2) is 0 Å². The number of unbranched alkanes of at least 4 members (excludes halogenated alkanes) is 3. The molecule has 0 spiro atoms. The molecule has 0 aromatic rings. The van der Waals surface area contributed by atoms with Crippen molar-refractivity contribution in [2.24, 2.45) is 0 Å². The van der Waals surface area contributed by atoms with Crippen LogP contribution in [0.5, 0.6) is 0 Å². The minimum atomic E-state index is 0. The van der Waals surface area contributed by atoms with Gasteiger partial charge in [0, 0.05) is 9.04 Å². The van der Waals surface area contributed by atoms with Gasteiger partial charge in [0.05, 0.1) is 0 Å². The molecule has 0 bridgehead atoms. The average molecular weight is 154 g/mol. The van der Waals surface area contributed by atoms with Gasteiger partial charge in [0.1, 0.15) is 0 Å². The van der Waals surface area contributed by atoms with E-state index >= 15 is 0 Å². The van der Waals surface area contributed by atoms with Gasteiger partial charge in [0.2, 0.25) is 0 Å². The molecule has 0 nitrogen and oxygen atoms in total. The van der Waals surface area contributed by atoms with Crippen LogP contribution in [-0.4, -0.2) is 37.7 Å². The van der Waals surface area contributed by atoms with Gasteiger partial charge in [-0.2, -0.15) is 0 Å². The summed E-state index contributed by atoms with van der Waals surface area (Å²) in [5.74, 6) is 0. The van der Waals surface area contributed by atoms with E-state index in [-0.39, 0.29) is 18.9 Å². The van der Waals surface area contributed by atoms with Crippen LogP contribution >= 0.6 is 0 Å². The van der Waals surface area contributed by atoms with Gasteiger partial charge in [-0.05, 0) is 9.76 Å². The van der Waals surface area contributed by atoms with Crippen molar-refractivity contribution in [2.75, 3.05) is 0 Å². The van der Waals surface area contributed by atoms with Crippen LogP contribution in [0.4, 0.5) is 0 Å². The van der Waals surface area contributed by atoms with Gasteiger partial charge in [-0.15, -0.1) is 0 Å². The molecule has 0 N–H and O–H groups in total. The van der Waals surface area contributed by atoms with Crippen LogP contribution < -0.4 is 0 Å². The van der Waals surface area contributed by atoms with Crippen LogP contribution in [0.1, 0.15) is 32.6 Å². The molecule has 0 aliphatic rings. The molecule has 0 atom stereocenters. The fourth-order valence-corrected chi connectivity index (χ4v) is 3.21. The fourth-order valence-electron chi connectivity index (χ4n) is 0.854. The topological polar surface area (TPSA) is 0 Å². The molecule has 0 saturated heterocycles. The van der Waals surface area contributed by atoms with E-state index in [1.807, 2.05) is 0 Å². The Morgan fingerprint density at radius 2 is 1.89 bits per heavy atom. The quantitative estimate of drug-likeness (QED) is 0.380. The molecule has 0 aliphatic carbocycles. The summed E-state index contributed by atoms with van der Waals surface area (Å²) in [7, 11) is 2.07. The molecule has 0 aromatic carbocycles. The van der Waals surface area contributed by atoms with E-state index in [1.54, 1.807) is 22.2 Å². The normalized spacial score (nSPS) is 10.3. The first-order chi connectivity index (χ1) is 3.91. The Morgan fingerprint density at radius 3 is 2.33 bits per heavy atom. The molecule has 9 heavy (non-hydrogen) atoms. The van der Waals surface area contributed by atoms with E-state index in [9.17, 15) is 0 Å². The van der Waals surface area contributed by atoms with E-state index in [2.05, 4.69) is 6.92 Å². The molecule has 0 saturated carbocycles. The Kier molecular flexibility index (Phi) is 16.6. The molecule has 0 rings (SSSR count). The summed E-state index contributed by atoms with van der Waals surface area (Å²) in [6.45, 7) is 2.28. The van der Waals surface area contributed by atoms with Crippen LogP contribution in [-0.2, 0) is 0 Å². The summed E-state index contributed by atoms with van der Waals surface area (Å²) < 4.78 is 0. The number of hydrogen-bond donors (Lipinski definition) is 0. The van der Waals surface area contributed by atoms with Gasteiger partial charge in [0.25, 0.3) is 0 Å². The second-order valence-corrected chi connectivity index (χ2v) is 7.12. The predicted octanol–water partition coefficient (Wildman–Crippen LogP) is -0.214. The van der Waals surface area contributed by atoms with Crippen LogP contribution in [0.25, 0.3) is 0 Å². The SMILES string of the molecule is CCCCCC[SiH2][SiH3].[LiH]. The Labute approximate surface area is 76.4 Å². The summed E-state index contributed by atoms with van der Waals surface area (Å²) in [5, 5.41) is 0. The third kappa shape index (κ3) is 12.3. The summed E-state index contributed by atoms with van der Waals surface area (Å²) >= 11 is 0. The predicted molar refractivity (Wildman–Crippen MR) is 54.6 cm³/mol. The van der Waals surface area contributed by atoms with Gasteiger partial charge >= 0.3 is 18.9 Å². The second kappa shape index (κ2) is 11.8. The molecule has 0 amide bonds. The first-order valence-electron chi connectivity index (χ1n) is 3.91. The van der Waals surface area contributed by atoms with Crippen molar-refractivity contribution in [2.45, 2.75) is 38.7 Å². The van der Waals surface area contributed by atoms with Gasteiger partial charge in [-0.1, -0.05) is 38.7 Å².